The number of aromatic nitrogens is 2. The molecule has 1 aromatic heterocycles. The first-order valence-electron chi connectivity index (χ1n) is 11.3. The maximum Gasteiger partial charge on any atom is 0.326 e. The highest BCUT2D eigenvalue weighted by atomic mass is 16.4. The first-order valence-corrected chi connectivity index (χ1v) is 11.3. The molecule has 0 bridgehead atoms. The molecule has 14 heteroatoms. The van der Waals surface area contributed by atoms with Gasteiger partial charge in [-0.1, -0.05) is 13.8 Å². The number of carbonyl (C=O) groups excluding carboxylic acids is 4. The lowest BCUT2D eigenvalue weighted by molar-refractivity contribution is -0.143. The number of imidazole rings is 1. The van der Waals surface area contributed by atoms with Gasteiger partial charge in [-0.3, -0.25) is 19.2 Å². The fourth-order valence-electron chi connectivity index (χ4n) is 3.22. The fraction of sp³-hybridized carbons (Fsp3) is 0.619. The number of nitrogens with zero attached hydrogens (tertiary/aromatic N) is 1. The van der Waals surface area contributed by atoms with Crippen LogP contribution < -0.4 is 33.2 Å². The maximum atomic E-state index is 12.9. The van der Waals surface area contributed by atoms with E-state index in [1.54, 1.807) is 13.8 Å². The van der Waals surface area contributed by atoms with Gasteiger partial charge in [-0.15, -0.1) is 0 Å². The van der Waals surface area contributed by atoms with E-state index in [-0.39, 0.29) is 12.8 Å². The summed E-state index contributed by atoms with van der Waals surface area (Å²) in [5.74, 6) is -4.74. The summed E-state index contributed by atoms with van der Waals surface area (Å²) < 4.78 is 0. The SMILES string of the molecule is CC(C)C(NC(=O)C(CCCCN)NC(=O)C(CC(N)=O)NC(=O)C(N)Cc1cnc[nH]1)C(=O)O. The van der Waals surface area contributed by atoms with Crippen LogP contribution in [0.3, 0.4) is 0 Å². The molecule has 0 spiro atoms. The third-order valence-corrected chi connectivity index (χ3v) is 5.18. The van der Waals surface area contributed by atoms with E-state index in [9.17, 15) is 29.1 Å². The molecule has 0 fully saturated rings. The number of nitrogens with two attached hydrogens (primary N) is 3. The number of primary amides is 1. The number of nitrogens with one attached hydrogen (secondary N) is 4. The van der Waals surface area contributed by atoms with Crippen molar-refractivity contribution in [3.8, 4) is 0 Å². The lowest BCUT2D eigenvalue weighted by Gasteiger charge is -2.25. The molecule has 1 rings (SSSR count). The summed E-state index contributed by atoms with van der Waals surface area (Å²) in [5.41, 5.74) is 17.2. The summed E-state index contributed by atoms with van der Waals surface area (Å²) in [6.07, 6.45) is 3.68. The van der Waals surface area contributed by atoms with Crippen LogP contribution in [0.15, 0.2) is 12.5 Å². The average Bonchev–Trinajstić information content (AvgIpc) is 3.28. The van der Waals surface area contributed by atoms with Crippen LogP contribution in [0.2, 0.25) is 0 Å². The summed E-state index contributed by atoms with van der Waals surface area (Å²) in [5, 5.41) is 16.7. The highest BCUT2D eigenvalue weighted by molar-refractivity contribution is 5.96. The molecule has 1 aromatic rings. The monoisotopic (exact) mass is 496 g/mol. The number of H-pyrrole nitrogens is 1. The minimum atomic E-state index is -1.39. The normalized spacial score (nSPS) is 14.4. The number of hydrogen-bond donors (Lipinski definition) is 8. The average molecular weight is 497 g/mol. The summed E-state index contributed by atoms with van der Waals surface area (Å²) in [7, 11) is 0. The Morgan fingerprint density at radius 3 is 2.17 bits per heavy atom. The van der Waals surface area contributed by atoms with Gasteiger partial charge >= 0.3 is 5.97 Å². The highest BCUT2D eigenvalue weighted by Gasteiger charge is 2.31. The first kappa shape index (κ1) is 29.5. The van der Waals surface area contributed by atoms with Gasteiger partial charge in [0.1, 0.15) is 18.1 Å². The topological polar surface area (TPSA) is 248 Å². The number of unbranched alkanes of at least 4 members (excludes halogenated alkanes) is 1. The molecule has 0 saturated heterocycles. The molecular formula is C21H36N8O6. The Morgan fingerprint density at radius 2 is 1.66 bits per heavy atom. The van der Waals surface area contributed by atoms with Gasteiger partial charge in [0, 0.05) is 18.3 Å². The van der Waals surface area contributed by atoms with E-state index in [0.717, 1.165) is 0 Å². The minimum absolute atomic E-state index is 0.104. The Kier molecular flexibility index (Phi) is 12.4. The number of hydrogen-bond acceptors (Lipinski definition) is 8. The molecule has 0 aliphatic carbocycles. The fourth-order valence-corrected chi connectivity index (χ4v) is 3.22. The molecule has 4 unspecified atom stereocenters. The predicted octanol–water partition coefficient (Wildman–Crippen LogP) is -2.52. The molecule has 1 heterocycles. The van der Waals surface area contributed by atoms with Crippen molar-refractivity contribution < 1.29 is 29.1 Å². The van der Waals surface area contributed by atoms with Crippen molar-refractivity contribution >= 4 is 29.6 Å². The van der Waals surface area contributed by atoms with E-state index < -0.39 is 66.1 Å². The van der Waals surface area contributed by atoms with Gasteiger partial charge in [0.2, 0.25) is 23.6 Å². The van der Waals surface area contributed by atoms with Crippen molar-refractivity contribution in [2.24, 2.45) is 23.1 Å². The van der Waals surface area contributed by atoms with Crippen LogP contribution in [0.25, 0.3) is 0 Å². The second-order valence-electron chi connectivity index (χ2n) is 8.53. The number of carboxylic acid groups (broad SMARTS) is 1. The largest absolute Gasteiger partial charge is 0.480 e. The smallest absolute Gasteiger partial charge is 0.326 e. The van der Waals surface area contributed by atoms with Crippen LogP contribution in [0.4, 0.5) is 0 Å². The standard InChI is InChI=1S/C21H36N8O6/c1-11(2)17(21(34)35)29-19(32)14(5-3-4-6-22)27-20(33)15(8-16(24)30)28-18(31)13(23)7-12-9-25-10-26-12/h9-11,13-15,17H,3-8,22-23H2,1-2H3,(H2,24,30)(H,25,26)(H,27,33)(H,28,31)(H,29,32)(H,34,35). The van der Waals surface area contributed by atoms with Crippen LogP contribution >= 0.6 is 0 Å². The molecule has 14 nitrogen and oxygen atoms in total. The lowest BCUT2D eigenvalue weighted by Crippen LogP contribution is -2.58. The van der Waals surface area contributed by atoms with Crippen LogP contribution in [-0.4, -0.2) is 75.4 Å². The van der Waals surface area contributed by atoms with E-state index in [1.807, 2.05) is 0 Å². The Bertz CT molecular complexity index is 860. The number of carboxylic acids is 1. The zero-order chi connectivity index (χ0) is 26.5. The van der Waals surface area contributed by atoms with E-state index in [0.29, 0.717) is 25.1 Å². The molecule has 4 amide bonds. The summed E-state index contributed by atoms with van der Waals surface area (Å²) >= 11 is 0. The molecule has 0 aromatic carbocycles. The number of carbonyl (C=O) groups is 5. The van der Waals surface area contributed by atoms with Gasteiger partial charge in [-0.2, -0.15) is 0 Å². The molecule has 0 saturated carbocycles. The van der Waals surface area contributed by atoms with Crippen molar-refractivity contribution in [1.82, 2.24) is 25.9 Å². The van der Waals surface area contributed by atoms with Gasteiger partial charge in [-0.25, -0.2) is 9.78 Å². The Balaban J connectivity index is 2.95. The van der Waals surface area contributed by atoms with Gasteiger partial charge in [0.25, 0.3) is 0 Å². The molecule has 0 aliphatic heterocycles. The lowest BCUT2D eigenvalue weighted by atomic mass is 10.0. The molecule has 11 N–H and O–H groups in total. The van der Waals surface area contributed by atoms with E-state index >= 15 is 0 Å². The molecule has 196 valence electrons. The van der Waals surface area contributed by atoms with E-state index in [2.05, 4.69) is 25.9 Å². The van der Waals surface area contributed by atoms with Crippen molar-refractivity contribution in [2.45, 2.75) is 70.1 Å². The quantitative estimate of drug-likeness (QED) is 0.112. The van der Waals surface area contributed by atoms with Crippen molar-refractivity contribution in [3.05, 3.63) is 18.2 Å². The second kappa shape index (κ2) is 14.7. The zero-order valence-corrected chi connectivity index (χ0v) is 20.0. The number of aliphatic carboxylic acids is 1. The number of aromatic amines is 1. The third-order valence-electron chi connectivity index (χ3n) is 5.18. The number of amides is 4. The summed E-state index contributed by atoms with van der Waals surface area (Å²) in [6.45, 7) is 3.62. The van der Waals surface area contributed by atoms with Gasteiger partial charge in [0.15, 0.2) is 0 Å². The first-order chi connectivity index (χ1) is 16.5. The Labute approximate surface area is 203 Å². The van der Waals surface area contributed by atoms with E-state index in [1.165, 1.54) is 12.5 Å². The van der Waals surface area contributed by atoms with E-state index in [4.69, 9.17) is 17.2 Å². The van der Waals surface area contributed by atoms with Gasteiger partial charge in [0.05, 0.1) is 18.8 Å². The Morgan fingerprint density at radius 1 is 1.03 bits per heavy atom. The zero-order valence-electron chi connectivity index (χ0n) is 20.0. The van der Waals surface area contributed by atoms with Crippen molar-refractivity contribution in [2.75, 3.05) is 6.54 Å². The van der Waals surface area contributed by atoms with Crippen LogP contribution in [0.5, 0.6) is 0 Å². The third kappa shape index (κ3) is 10.5. The van der Waals surface area contributed by atoms with Crippen LogP contribution in [-0.2, 0) is 30.4 Å². The molecular weight excluding hydrogens is 460 g/mol. The summed E-state index contributed by atoms with van der Waals surface area (Å²) in [6, 6.07) is -4.73. The predicted molar refractivity (Wildman–Crippen MR) is 125 cm³/mol. The molecule has 0 aliphatic rings. The highest BCUT2D eigenvalue weighted by Crippen LogP contribution is 2.07. The van der Waals surface area contributed by atoms with Gasteiger partial charge < -0.3 is 43.2 Å². The number of rotatable bonds is 16. The molecule has 0 radical (unpaired) electrons. The minimum Gasteiger partial charge on any atom is -0.480 e. The molecule has 35 heavy (non-hydrogen) atoms. The maximum absolute atomic E-state index is 12.9. The Hall–Kier alpha value is -3.52. The summed E-state index contributed by atoms with van der Waals surface area (Å²) in [4.78, 5) is 67.9. The van der Waals surface area contributed by atoms with Crippen LogP contribution in [0.1, 0.15) is 45.2 Å². The van der Waals surface area contributed by atoms with Gasteiger partial charge in [-0.05, 0) is 31.7 Å². The van der Waals surface area contributed by atoms with Crippen LogP contribution in [0, 0.1) is 5.92 Å². The molecule has 4 atom stereocenters. The second-order valence-corrected chi connectivity index (χ2v) is 8.53. The van der Waals surface area contributed by atoms with Crippen molar-refractivity contribution in [1.29, 1.82) is 0 Å². The van der Waals surface area contributed by atoms with Crippen molar-refractivity contribution in [3.63, 3.8) is 0 Å².